The van der Waals surface area contributed by atoms with Gasteiger partial charge in [0.2, 0.25) is 5.91 Å². The molecule has 3 N–H and O–H groups in total. The summed E-state index contributed by atoms with van der Waals surface area (Å²) in [5.41, 5.74) is 1.96. The molecule has 3 rings (SSSR count). The van der Waals surface area contributed by atoms with Crippen LogP contribution in [0.3, 0.4) is 0 Å². The van der Waals surface area contributed by atoms with Crippen LogP contribution in [-0.4, -0.2) is 33.9 Å². The molecule has 0 atom stereocenters. The number of benzene rings is 2. The van der Waals surface area contributed by atoms with Crippen molar-refractivity contribution in [2.75, 3.05) is 6.61 Å². The first-order valence-electron chi connectivity index (χ1n) is 8.73. The minimum atomic E-state index is -0.692. The summed E-state index contributed by atoms with van der Waals surface area (Å²) < 4.78 is 5.65. The number of hydrazone groups is 1. The number of carbonyl (C=O) groups is 1. The topological polar surface area (TPSA) is 129 Å². The molecule has 144 valence electrons. The van der Waals surface area contributed by atoms with Crippen molar-refractivity contribution >= 4 is 22.9 Å². The van der Waals surface area contributed by atoms with Gasteiger partial charge < -0.3 is 4.74 Å². The number of aromatic amines is 2. The predicted octanol–water partition coefficient (Wildman–Crippen LogP) is 1.09. The first kappa shape index (κ1) is 19.0. The second kappa shape index (κ2) is 8.76. The summed E-state index contributed by atoms with van der Waals surface area (Å²) in [7, 11) is 0. The van der Waals surface area contributed by atoms with E-state index >= 15 is 0 Å². The lowest BCUT2D eigenvalue weighted by Gasteiger charge is -2.10. The molecular weight excluding hydrogens is 362 g/mol. The number of H-pyrrole nitrogens is 2. The van der Waals surface area contributed by atoms with Crippen molar-refractivity contribution in [3.05, 3.63) is 68.5 Å². The first-order valence-corrected chi connectivity index (χ1v) is 8.73. The predicted molar refractivity (Wildman–Crippen MR) is 105 cm³/mol. The Balaban J connectivity index is 1.70. The number of carbonyl (C=O) groups excluding carboxylic acids is 1. The third-order valence-corrected chi connectivity index (χ3v) is 3.98. The summed E-state index contributed by atoms with van der Waals surface area (Å²) >= 11 is 0. The number of hydrogen-bond acceptors (Lipinski definition) is 6. The van der Waals surface area contributed by atoms with Crippen molar-refractivity contribution in [1.29, 1.82) is 0 Å². The summed E-state index contributed by atoms with van der Waals surface area (Å²) in [5.74, 6) is 0.282. The van der Waals surface area contributed by atoms with Gasteiger partial charge in [0.25, 0.3) is 5.56 Å². The summed E-state index contributed by atoms with van der Waals surface area (Å²) in [4.78, 5) is 36.6. The molecule has 9 nitrogen and oxygen atoms in total. The van der Waals surface area contributed by atoms with Gasteiger partial charge in [0, 0.05) is 18.4 Å². The molecule has 0 saturated carbocycles. The smallest absolute Gasteiger partial charge is 0.342 e. The molecule has 1 heterocycles. The highest BCUT2D eigenvalue weighted by Crippen LogP contribution is 2.26. The summed E-state index contributed by atoms with van der Waals surface area (Å²) in [5, 5.41) is 11.8. The van der Waals surface area contributed by atoms with E-state index in [2.05, 4.69) is 25.7 Å². The normalized spacial score (nSPS) is 11.0. The highest BCUT2D eigenvalue weighted by molar-refractivity contribution is 6.02. The summed E-state index contributed by atoms with van der Waals surface area (Å²) in [6.07, 6.45) is 1.61. The van der Waals surface area contributed by atoms with Crippen LogP contribution in [0, 0.1) is 0 Å². The molecule has 9 heteroatoms. The number of amides is 1. The average Bonchev–Trinajstić information content (AvgIpc) is 2.69. The van der Waals surface area contributed by atoms with Gasteiger partial charge in [-0.2, -0.15) is 10.2 Å². The maximum Gasteiger partial charge on any atom is 0.342 e. The Morgan fingerprint density at radius 2 is 2.07 bits per heavy atom. The van der Waals surface area contributed by atoms with Crippen LogP contribution < -0.4 is 21.4 Å². The standard InChI is InChI=1S/C19H19N5O4/c1-2-28-16-9-7-12-5-3-4-6-13(12)14(16)11-20-23-17(25)10-8-15-18(26)21-19(27)24-22-15/h3-7,9,11H,2,8,10H2,1H3,(H,23,25)(H2,21,24,26,27). The quantitative estimate of drug-likeness (QED) is 0.417. The maximum absolute atomic E-state index is 12.0. The molecule has 1 aromatic heterocycles. The van der Waals surface area contributed by atoms with Crippen LogP contribution in [0.4, 0.5) is 0 Å². The second-order valence-corrected chi connectivity index (χ2v) is 5.88. The van der Waals surface area contributed by atoms with E-state index in [0.29, 0.717) is 12.4 Å². The number of aryl methyl sites for hydroxylation is 1. The minimum Gasteiger partial charge on any atom is -0.493 e. The van der Waals surface area contributed by atoms with E-state index in [4.69, 9.17) is 4.74 Å². The molecule has 28 heavy (non-hydrogen) atoms. The van der Waals surface area contributed by atoms with Crippen molar-refractivity contribution in [2.24, 2.45) is 5.10 Å². The second-order valence-electron chi connectivity index (χ2n) is 5.88. The molecule has 0 aliphatic rings. The highest BCUT2D eigenvalue weighted by atomic mass is 16.5. The molecule has 3 aromatic rings. The van der Waals surface area contributed by atoms with Gasteiger partial charge in [0.15, 0.2) is 0 Å². The van der Waals surface area contributed by atoms with Gasteiger partial charge >= 0.3 is 5.69 Å². The van der Waals surface area contributed by atoms with E-state index in [1.54, 1.807) is 0 Å². The molecule has 0 unspecified atom stereocenters. The lowest BCUT2D eigenvalue weighted by atomic mass is 10.0. The average molecular weight is 381 g/mol. The van der Waals surface area contributed by atoms with Crippen LogP contribution in [-0.2, 0) is 11.2 Å². The van der Waals surface area contributed by atoms with Gasteiger partial charge in [-0.05, 0) is 23.8 Å². The molecule has 0 saturated heterocycles. The minimum absolute atomic E-state index is 0.00663. The Kier molecular flexibility index (Phi) is 5.95. The zero-order chi connectivity index (χ0) is 19.9. The number of ether oxygens (including phenoxy) is 1. The molecule has 0 radical (unpaired) electrons. The Morgan fingerprint density at radius 3 is 2.86 bits per heavy atom. The van der Waals surface area contributed by atoms with E-state index in [0.717, 1.165) is 16.3 Å². The van der Waals surface area contributed by atoms with E-state index < -0.39 is 11.2 Å². The molecule has 0 aliphatic carbocycles. The van der Waals surface area contributed by atoms with Crippen LogP contribution in [0.5, 0.6) is 5.75 Å². The highest BCUT2D eigenvalue weighted by Gasteiger charge is 2.08. The Morgan fingerprint density at radius 1 is 1.25 bits per heavy atom. The first-order chi connectivity index (χ1) is 13.6. The SMILES string of the molecule is CCOc1ccc2ccccc2c1C=NNC(=O)CCc1n[nH]c(=O)[nH]c1=O. The van der Waals surface area contributed by atoms with Crippen molar-refractivity contribution in [3.63, 3.8) is 0 Å². The lowest BCUT2D eigenvalue weighted by molar-refractivity contribution is -0.121. The molecular formula is C19H19N5O4. The van der Waals surface area contributed by atoms with Gasteiger partial charge in [-0.1, -0.05) is 30.3 Å². The van der Waals surface area contributed by atoms with Crippen molar-refractivity contribution < 1.29 is 9.53 Å². The van der Waals surface area contributed by atoms with Crippen LogP contribution >= 0.6 is 0 Å². The van der Waals surface area contributed by atoms with Crippen molar-refractivity contribution in [1.82, 2.24) is 20.6 Å². The number of fused-ring (bicyclic) bond motifs is 1. The fraction of sp³-hybridized carbons (Fsp3) is 0.211. The fourth-order valence-electron chi connectivity index (χ4n) is 2.69. The van der Waals surface area contributed by atoms with Crippen LogP contribution in [0.1, 0.15) is 24.6 Å². The third-order valence-electron chi connectivity index (χ3n) is 3.98. The summed E-state index contributed by atoms with van der Waals surface area (Å²) in [6.45, 7) is 2.40. The molecule has 1 amide bonds. The molecule has 0 bridgehead atoms. The van der Waals surface area contributed by atoms with Crippen LogP contribution in [0.25, 0.3) is 10.8 Å². The van der Waals surface area contributed by atoms with E-state index in [9.17, 15) is 14.4 Å². The molecule has 0 spiro atoms. The van der Waals surface area contributed by atoms with Gasteiger partial charge in [-0.15, -0.1) is 0 Å². The lowest BCUT2D eigenvalue weighted by Crippen LogP contribution is -2.28. The largest absolute Gasteiger partial charge is 0.493 e. The monoisotopic (exact) mass is 381 g/mol. The van der Waals surface area contributed by atoms with E-state index in [1.807, 2.05) is 43.3 Å². The van der Waals surface area contributed by atoms with Gasteiger partial charge in [-0.25, -0.2) is 15.3 Å². The van der Waals surface area contributed by atoms with Crippen molar-refractivity contribution in [2.45, 2.75) is 19.8 Å². The molecule has 0 fully saturated rings. The Bertz CT molecular complexity index is 1130. The van der Waals surface area contributed by atoms with Crippen LogP contribution in [0.2, 0.25) is 0 Å². The third kappa shape index (κ3) is 4.50. The number of hydrogen-bond donors (Lipinski definition) is 3. The summed E-state index contributed by atoms with van der Waals surface area (Å²) in [6, 6.07) is 11.6. The number of rotatable bonds is 7. The maximum atomic E-state index is 12.0. The fourth-order valence-corrected chi connectivity index (χ4v) is 2.69. The van der Waals surface area contributed by atoms with Gasteiger partial charge in [0.1, 0.15) is 11.4 Å². The van der Waals surface area contributed by atoms with E-state index in [1.165, 1.54) is 6.21 Å². The number of aromatic nitrogens is 3. The Labute approximate surface area is 159 Å². The van der Waals surface area contributed by atoms with E-state index in [-0.39, 0.29) is 24.4 Å². The van der Waals surface area contributed by atoms with Crippen LogP contribution in [0.15, 0.2) is 51.1 Å². The zero-order valence-corrected chi connectivity index (χ0v) is 15.2. The van der Waals surface area contributed by atoms with Gasteiger partial charge in [0.05, 0.1) is 12.8 Å². The number of nitrogens with one attached hydrogen (secondary N) is 3. The number of nitrogens with zero attached hydrogens (tertiary/aromatic N) is 2. The van der Waals surface area contributed by atoms with Crippen molar-refractivity contribution in [3.8, 4) is 5.75 Å². The zero-order valence-electron chi connectivity index (χ0n) is 15.2. The molecule has 2 aromatic carbocycles. The van der Waals surface area contributed by atoms with Gasteiger partial charge in [-0.3, -0.25) is 14.6 Å². The molecule has 0 aliphatic heterocycles. The Hall–Kier alpha value is -3.75.